The summed E-state index contributed by atoms with van der Waals surface area (Å²) in [6, 6.07) is 11.3. The molecule has 2 aromatic rings. The van der Waals surface area contributed by atoms with Gasteiger partial charge in [0, 0.05) is 6.20 Å². The predicted octanol–water partition coefficient (Wildman–Crippen LogP) is 1.90. The number of nitrogens with one attached hydrogen (secondary N) is 1. The molecule has 1 N–H and O–H groups in total. The van der Waals surface area contributed by atoms with Gasteiger partial charge in [-0.2, -0.15) is 10.4 Å². The van der Waals surface area contributed by atoms with E-state index in [2.05, 4.69) is 16.5 Å². The molecule has 20 heavy (non-hydrogen) atoms. The number of carbonyl (C=O) groups is 1. The van der Waals surface area contributed by atoms with Crippen molar-refractivity contribution in [3.63, 3.8) is 0 Å². The minimum Gasteiger partial charge on any atom is -0.336 e. The second kappa shape index (κ2) is 5.17. The molecule has 5 heteroatoms. The second-order valence-corrected chi connectivity index (χ2v) is 4.93. The van der Waals surface area contributed by atoms with E-state index < -0.39 is 0 Å². The van der Waals surface area contributed by atoms with Gasteiger partial charge in [-0.15, -0.1) is 0 Å². The topological polar surface area (TPSA) is 70.7 Å². The molecule has 5 nitrogen and oxygen atoms in total. The molecule has 1 aliphatic rings. The average molecular weight is 266 g/mol. The van der Waals surface area contributed by atoms with E-state index in [0.717, 1.165) is 18.5 Å². The van der Waals surface area contributed by atoms with Gasteiger partial charge in [-0.1, -0.05) is 18.2 Å². The van der Waals surface area contributed by atoms with Crippen LogP contribution in [0, 0.1) is 17.2 Å². The van der Waals surface area contributed by atoms with Gasteiger partial charge in [-0.05, 0) is 30.9 Å². The van der Waals surface area contributed by atoms with Gasteiger partial charge in [0.2, 0.25) is 0 Å². The van der Waals surface area contributed by atoms with Crippen LogP contribution in [0.25, 0.3) is 5.69 Å². The highest BCUT2D eigenvalue weighted by Gasteiger charge is 2.32. The third kappa shape index (κ3) is 2.54. The minimum atomic E-state index is -0.387. The van der Waals surface area contributed by atoms with E-state index in [1.165, 1.54) is 6.20 Å². The largest absolute Gasteiger partial charge is 0.336 e. The summed E-state index contributed by atoms with van der Waals surface area (Å²) in [6.07, 6.45) is 5.22. The maximum atomic E-state index is 12.1. The first-order valence-corrected chi connectivity index (χ1v) is 6.58. The van der Waals surface area contributed by atoms with Crippen LogP contribution in [0.4, 0.5) is 0 Å². The molecular weight excluding hydrogens is 252 g/mol. The Morgan fingerprint density at radius 3 is 2.80 bits per heavy atom. The predicted molar refractivity (Wildman–Crippen MR) is 73.2 cm³/mol. The molecule has 0 bridgehead atoms. The number of benzene rings is 1. The number of amides is 1. The summed E-state index contributed by atoms with van der Waals surface area (Å²) in [5, 5.41) is 16.0. The molecular formula is C15H14N4O. The fraction of sp³-hybridized carbons (Fsp3) is 0.267. The highest BCUT2D eigenvalue weighted by molar-refractivity contribution is 5.94. The number of carbonyl (C=O) groups excluding carboxylic acids is 1. The summed E-state index contributed by atoms with van der Waals surface area (Å²) in [6.45, 7) is 0. The van der Waals surface area contributed by atoms with Crippen LogP contribution >= 0.6 is 0 Å². The second-order valence-electron chi connectivity index (χ2n) is 4.93. The van der Waals surface area contributed by atoms with Crippen LogP contribution in [0.15, 0.2) is 42.7 Å². The van der Waals surface area contributed by atoms with Crippen LogP contribution in [0.3, 0.4) is 0 Å². The molecule has 0 saturated heterocycles. The summed E-state index contributed by atoms with van der Waals surface area (Å²) in [4.78, 5) is 12.1. The van der Waals surface area contributed by atoms with E-state index in [4.69, 9.17) is 5.26 Å². The number of nitrogens with zero attached hydrogens (tertiary/aromatic N) is 3. The first kappa shape index (κ1) is 12.4. The molecule has 1 aromatic heterocycles. The lowest BCUT2D eigenvalue weighted by Gasteiger charge is -2.08. The number of nitriles is 1. The first-order chi connectivity index (χ1) is 9.78. The highest BCUT2D eigenvalue weighted by atomic mass is 16.1. The van der Waals surface area contributed by atoms with Gasteiger partial charge in [-0.3, -0.25) is 4.79 Å². The SMILES string of the molecule is N#CC(NC(=O)c1cnn(-c2ccccc2)c1)C1CC1. The van der Waals surface area contributed by atoms with Crippen molar-refractivity contribution in [1.29, 1.82) is 5.26 Å². The number of hydrogen-bond donors (Lipinski definition) is 1. The molecule has 1 unspecified atom stereocenters. The molecule has 1 saturated carbocycles. The smallest absolute Gasteiger partial charge is 0.255 e. The van der Waals surface area contributed by atoms with Crippen LogP contribution < -0.4 is 5.32 Å². The molecule has 1 aliphatic carbocycles. The van der Waals surface area contributed by atoms with Crippen LogP contribution in [-0.4, -0.2) is 21.7 Å². The molecule has 1 fully saturated rings. The number of aromatic nitrogens is 2. The zero-order chi connectivity index (χ0) is 13.9. The number of rotatable bonds is 4. The Balaban J connectivity index is 1.73. The molecule has 1 atom stereocenters. The maximum Gasteiger partial charge on any atom is 0.255 e. The van der Waals surface area contributed by atoms with Crippen molar-refractivity contribution in [2.24, 2.45) is 5.92 Å². The zero-order valence-corrected chi connectivity index (χ0v) is 10.9. The number of hydrogen-bond acceptors (Lipinski definition) is 3. The zero-order valence-electron chi connectivity index (χ0n) is 10.9. The van der Waals surface area contributed by atoms with E-state index in [9.17, 15) is 4.79 Å². The van der Waals surface area contributed by atoms with Crippen LogP contribution in [0.1, 0.15) is 23.2 Å². The Labute approximate surface area is 116 Å². The van der Waals surface area contributed by atoms with Gasteiger partial charge in [-0.25, -0.2) is 4.68 Å². The fourth-order valence-electron chi connectivity index (χ4n) is 2.07. The molecule has 1 aromatic carbocycles. The standard InChI is InChI=1S/C15H14N4O/c16-8-14(11-6-7-11)18-15(20)12-9-17-19(10-12)13-4-2-1-3-5-13/h1-5,9-11,14H,6-7H2,(H,18,20). The van der Waals surface area contributed by atoms with Crippen molar-refractivity contribution < 1.29 is 4.79 Å². The first-order valence-electron chi connectivity index (χ1n) is 6.58. The van der Waals surface area contributed by atoms with Gasteiger partial charge in [0.05, 0.1) is 23.5 Å². The van der Waals surface area contributed by atoms with Crippen LogP contribution in [0.2, 0.25) is 0 Å². The van der Waals surface area contributed by atoms with Crippen molar-refractivity contribution in [1.82, 2.24) is 15.1 Å². The minimum absolute atomic E-state index is 0.245. The maximum absolute atomic E-state index is 12.1. The van der Waals surface area contributed by atoms with Gasteiger partial charge < -0.3 is 5.32 Å². The molecule has 1 amide bonds. The Morgan fingerprint density at radius 1 is 1.40 bits per heavy atom. The Hall–Kier alpha value is -2.61. The van der Waals surface area contributed by atoms with Crippen molar-refractivity contribution >= 4 is 5.91 Å². The fourth-order valence-corrected chi connectivity index (χ4v) is 2.07. The van der Waals surface area contributed by atoms with E-state index >= 15 is 0 Å². The van der Waals surface area contributed by atoms with Gasteiger partial charge >= 0.3 is 0 Å². The van der Waals surface area contributed by atoms with Gasteiger partial charge in [0.15, 0.2) is 0 Å². The van der Waals surface area contributed by atoms with Crippen LogP contribution in [0.5, 0.6) is 0 Å². The van der Waals surface area contributed by atoms with Crippen molar-refractivity contribution in [2.45, 2.75) is 18.9 Å². The summed E-state index contributed by atoms with van der Waals surface area (Å²) in [5.41, 5.74) is 1.36. The molecule has 0 radical (unpaired) electrons. The van der Waals surface area contributed by atoms with E-state index in [1.807, 2.05) is 30.3 Å². The summed E-state index contributed by atoms with van der Waals surface area (Å²) in [5.74, 6) is 0.0683. The van der Waals surface area contributed by atoms with Crippen LogP contribution in [-0.2, 0) is 0 Å². The summed E-state index contributed by atoms with van der Waals surface area (Å²) >= 11 is 0. The van der Waals surface area contributed by atoms with Crippen molar-refractivity contribution in [3.8, 4) is 11.8 Å². The Morgan fingerprint density at radius 2 is 2.15 bits per heavy atom. The van der Waals surface area contributed by atoms with E-state index in [-0.39, 0.29) is 11.9 Å². The van der Waals surface area contributed by atoms with Crippen molar-refractivity contribution in [3.05, 3.63) is 48.3 Å². The Bertz CT molecular complexity index is 652. The molecule has 0 spiro atoms. The highest BCUT2D eigenvalue weighted by Crippen LogP contribution is 2.32. The quantitative estimate of drug-likeness (QED) is 0.918. The van der Waals surface area contributed by atoms with Gasteiger partial charge in [0.1, 0.15) is 6.04 Å². The Kier molecular flexibility index (Phi) is 3.21. The van der Waals surface area contributed by atoms with Gasteiger partial charge in [0.25, 0.3) is 5.91 Å². The third-order valence-electron chi connectivity index (χ3n) is 3.38. The molecule has 100 valence electrons. The lowest BCUT2D eigenvalue weighted by atomic mass is 10.2. The lowest BCUT2D eigenvalue weighted by Crippen LogP contribution is -2.35. The van der Waals surface area contributed by atoms with E-state index in [0.29, 0.717) is 11.5 Å². The number of para-hydroxylation sites is 1. The molecule has 0 aliphatic heterocycles. The summed E-state index contributed by atoms with van der Waals surface area (Å²) in [7, 11) is 0. The van der Waals surface area contributed by atoms with E-state index in [1.54, 1.807) is 10.9 Å². The normalized spacial score (nSPS) is 15.3. The average Bonchev–Trinajstić information content (AvgIpc) is 3.21. The van der Waals surface area contributed by atoms with Crippen molar-refractivity contribution in [2.75, 3.05) is 0 Å². The lowest BCUT2D eigenvalue weighted by molar-refractivity contribution is 0.0942. The monoisotopic (exact) mass is 266 g/mol. The summed E-state index contributed by atoms with van der Waals surface area (Å²) < 4.78 is 1.65. The molecule has 1 heterocycles. The third-order valence-corrected chi connectivity index (χ3v) is 3.38. The molecule has 3 rings (SSSR count).